The molecule has 2 aromatic rings. The molecule has 2 rings (SSSR count). The van der Waals surface area contributed by atoms with E-state index in [1.165, 1.54) is 0 Å². The van der Waals surface area contributed by atoms with Crippen molar-refractivity contribution in [3.05, 3.63) is 59.7 Å². The Balaban J connectivity index is 0.000000483. The molecule has 0 bridgehead atoms. The van der Waals surface area contributed by atoms with Crippen LogP contribution in [-0.2, 0) is 39.7 Å². The van der Waals surface area contributed by atoms with E-state index >= 15 is 0 Å². The fourth-order valence-corrected chi connectivity index (χ4v) is 2.49. The molecular weight excluding hydrogens is 458 g/mol. The molecule has 0 aromatic heterocycles. The third kappa shape index (κ3) is 7.93. The molecule has 0 aliphatic rings. The Hall–Kier alpha value is -2.18. The van der Waals surface area contributed by atoms with E-state index in [9.17, 15) is 36.6 Å². The van der Waals surface area contributed by atoms with E-state index in [2.05, 4.69) is 0 Å². The van der Waals surface area contributed by atoms with Crippen LogP contribution in [-0.4, -0.2) is 37.9 Å². The number of carbonyl (C=O) groups excluding carboxylic acids is 2. The number of aromatic carboxylic acids is 2. The quantitative estimate of drug-likeness (QED) is 0.399. The van der Waals surface area contributed by atoms with Crippen LogP contribution in [0.4, 0.5) is 0 Å². The largest absolute Gasteiger partial charge is 2.00 e. The normalized spacial score (nSPS) is 10.7. The standard InChI is InChI=1S/2C7H6O5S.Zn/c2*8-7(9)5-1-3-6(4-2-5)13(10,11)12;/h2*1-4H,(H,8,9)(H,10,11,12);/q;;+2/p-2. The second-order valence-electron chi connectivity index (χ2n) is 4.57. The molecule has 0 fully saturated rings. The van der Waals surface area contributed by atoms with Gasteiger partial charge in [-0.3, -0.25) is 9.11 Å². The van der Waals surface area contributed by atoms with Gasteiger partial charge in [-0.15, -0.1) is 0 Å². The summed E-state index contributed by atoms with van der Waals surface area (Å²) in [6, 6.07) is 8.11. The van der Waals surface area contributed by atoms with Crippen LogP contribution < -0.4 is 10.2 Å². The summed E-state index contributed by atoms with van der Waals surface area (Å²) in [5.74, 6) is -2.80. The van der Waals surface area contributed by atoms with Gasteiger partial charge in [0.25, 0.3) is 20.2 Å². The maximum atomic E-state index is 10.5. The minimum absolute atomic E-state index is 0. The molecule has 0 amide bonds. The fourth-order valence-electron chi connectivity index (χ4n) is 1.53. The fraction of sp³-hybridized carbons (Fsp3) is 0. The number of benzene rings is 2. The summed E-state index contributed by atoms with van der Waals surface area (Å²) in [5.41, 5.74) is -0.292. The molecular formula is C14H10O10S2Zn. The van der Waals surface area contributed by atoms with Gasteiger partial charge in [0.05, 0.1) is 21.7 Å². The molecule has 0 unspecified atom stereocenters. The van der Waals surface area contributed by atoms with E-state index in [4.69, 9.17) is 9.11 Å². The van der Waals surface area contributed by atoms with Crippen molar-refractivity contribution in [2.45, 2.75) is 9.79 Å². The van der Waals surface area contributed by atoms with Crippen LogP contribution in [0.15, 0.2) is 58.3 Å². The first-order chi connectivity index (χ1) is 11.8. The smallest absolute Gasteiger partial charge is 0.545 e. The van der Waals surface area contributed by atoms with Crippen molar-refractivity contribution in [2.75, 3.05) is 0 Å². The van der Waals surface area contributed by atoms with Crippen molar-refractivity contribution in [1.29, 1.82) is 0 Å². The van der Waals surface area contributed by atoms with Crippen LogP contribution in [0.25, 0.3) is 0 Å². The number of hydrogen-bond donors (Lipinski definition) is 2. The van der Waals surface area contributed by atoms with Crippen LogP contribution >= 0.6 is 0 Å². The predicted molar refractivity (Wildman–Crippen MR) is 81.2 cm³/mol. The minimum Gasteiger partial charge on any atom is -0.545 e. The zero-order valence-corrected chi connectivity index (χ0v) is 17.9. The van der Waals surface area contributed by atoms with Crippen molar-refractivity contribution in [1.82, 2.24) is 0 Å². The van der Waals surface area contributed by atoms with Crippen LogP contribution in [0.1, 0.15) is 20.7 Å². The number of hydrogen-bond acceptors (Lipinski definition) is 8. The predicted octanol–water partition coefficient (Wildman–Crippen LogP) is -1.41. The number of carboxylic acids is 2. The summed E-state index contributed by atoms with van der Waals surface area (Å²) in [4.78, 5) is 19.8. The summed E-state index contributed by atoms with van der Waals surface area (Å²) in [6.07, 6.45) is 0. The van der Waals surface area contributed by atoms with Gasteiger partial charge in [0.1, 0.15) is 0 Å². The van der Waals surface area contributed by atoms with Gasteiger partial charge in [-0.25, -0.2) is 0 Å². The number of rotatable bonds is 4. The summed E-state index contributed by atoms with van der Waals surface area (Å²) < 4.78 is 59.1. The molecule has 2 aromatic carbocycles. The van der Waals surface area contributed by atoms with Gasteiger partial charge in [-0.1, -0.05) is 24.3 Å². The van der Waals surface area contributed by atoms with E-state index in [0.717, 1.165) is 48.5 Å². The van der Waals surface area contributed by atoms with Crippen LogP contribution in [0, 0.1) is 0 Å². The van der Waals surface area contributed by atoms with E-state index in [0.29, 0.717) is 0 Å². The maximum absolute atomic E-state index is 10.5. The van der Waals surface area contributed by atoms with E-state index in [-0.39, 0.29) is 40.4 Å². The van der Waals surface area contributed by atoms with Gasteiger partial charge in [0, 0.05) is 0 Å². The Kier molecular flexibility index (Phi) is 8.89. The average molecular weight is 468 g/mol. The molecule has 0 saturated heterocycles. The van der Waals surface area contributed by atoms with Gasteiger partial charge < -0.3 is 19.8 Å². The van der Waals surface area contributed by atoms with Gasteiger partial charge >= 0.3 is 19.5 Å². The van der Waals surface area contributed by atoms with E-state index in [1.807, 2.05) is 0 Å². The van der Waals surface area contributed by atoms with E-state index in [1.54, 1.807) is 0 Å². The second kappa shape index (κ2) is 9.67. The molecule has 0 heterocycles. The maximum Gasteiger partial charge on any atom is 2.00 e. The zero-order valence-electron chi connectivity index (χ0n) is 13.3. The van der Waals surface area contributed by atoms with Crippen molar-refractivity contribution < 1.29 is 65.2 Å². The summed E-state index contributed by atoms with van der Waals surface area (Å²) in [6.45, 7) is 0. The molecule has 0 aliphatic heterocycles. The van der Waals surface area contributed by atoms with Crippen molar-refractivity contribution >= 4 is 32.2 Å². The van der Waals surface area contributed by atoms with Gasteiger partial charge in [-0.05, 0) is 35.4 Å². The van der Waals surface area contributed by atoms with Crippen LogP contribution in [0.3, 0.4) is 0 Å². The molecule has 140 valence electrons. The molecule has 10 nitrogen and oxygen atoms in total. The van der Waals surface area contributed by atoms with E-state index < -0.39 is 32.2 Å². The molecule has 0 radical (unpaired) electrons. The third-order valence-corrected chi connectivity index (χ3v) is 4.51. The Labute approximate surface area is 166 Å². The van der Waals surface area contributed by atoms with Gasteiger partial charge in [-0.2, -0.15) is 16.8 Å². The summed E-state index contributed by atoms with van der Waals surface area (Å²) in [7, 11) is -8.52. The summed E-state index contributed by atoms with van der Waals surface area (Å²) >= 11 is 0. The molecule has 27 heavy (non-hydrogen) atoms. The van der Waals surface area contributed by atoms with Gasteiger partial charge in [0.2, 0.25) is 0 Å². The molecule has 2 N–H and O–H groups in total. The van der Waals surface area contributed by atoms with Crippen molar-refractivity contribution in [3.63, 3.8) is 0 Å². The number of carbonyl (C=O) groups is 2. The van der Waals surface area contributed by atoms with Crippen molar-refractivity contribution in [2.24, 2.45) is 0 Å². The molecule has 0 spiro atoms. The Bertz CT molecular complexity index is 925. The average Bonchev–Trinajstić information content (AvgIpc) is 2.54. The Morgan fingerprint density at radius 1 is 0.630 bits per heavy atom. The molecule has 13 heteroatoms. The van der Waals surface area contributed by atoms with Crippen LogP contribution in [0.5, 0.6) is 0 Å². The second-order valence-corrected chi connectivity index (χ2v) is 7.42. The minimum atomic E-state index is -4.26. The van der Waals surface area contributed by atoms with Crippen LogP contribution in [0.2, 0.25) is 0 Å². The zero-order chi connectivity index (χ0) is 20.1. The first-order valence-corrected chi connectivity index (χ1v) is 9.28. The first-order valence-electron chi connectivity index (χ1n) is 6.40. The van der Waals surface area contributed by atoms with Gasteiger partial charge in [0.15, 0.2) is 0 Å². The molecule has 0 saturated carbocycles. The first kappa shape index (κ1) is 24.8. The monoisotopic (exact) mass is 466 g/mol. The SMILES string of the molecule is O=C([O-])c1ccc(S(=O)(=O)O)cc1.O=C([O-])c1ccc(S(=O)(=O)O)cc1.[Zn+2]. The molecule has 0 atom stereocenters. The third-order valence-electron chi connectivity index (χ3n) is 2.78. The summed E-state index contributed by atoms with van der Waals surface area (Å²) in [5, 5.41) is 20.5. The van der Waals surface area contributed by atoms with Crippen molar-refractivity contribution in [3.8, 4) is 0 Å². The molecule has 0 aliphatic carbocycles. The topological polar surface area (TPSA) is 189 Å². The Morgan fingerprint density at radius 2 is 0.852 bits per heavy atom. The Morgan fingerprint density at radius 3 is 1.00 bits per heavy atom. The number of carboxylic acid groups (broad SMARTS) is 2.